The van der Waals surface area contributed by atoms with E-state index in [1.54, 1.807) is 30.6 Å². The Morgan fingerprint density at radius 3 is 2.53 bits per heavy atom. The predicted molar refractivity (Wildman–Crippen MR) is 124 cm³/mol. The Kier molecular flexibility index (Phi) is 5.96. The first kappa shape index (κ1) is 21.1. The summed E-state index contributed by atoms with van der Waals surface area (Å²) in [5.74, 6) is 0.743. The second-order valence-corrected chi connectivity index (χ2v) is 8.63. The highest BCUT2D eigenvalue weighted by Gasteiger charge is 2.30. The van der Waals surface area contributed by atoms with Crippen molar-refractivity contribution in [3.63, 3.8) is 0 Å². The molecule has 2 aromatic carbocycles. The van der Waals surface area contributed by atoms with E-state index in [1.165, 1.54) is 12.1 Å². The molecule has 4 nitrogen and oxygen atoms in total. The molecule has 32 heavy (non-hydrogen) atoms. The standard InChI is InChI=1S/C25H20Cl2FN3O/c26-19-4-1-18(22(27)13-19)14-32-15-21-7-8-23-30-24(16-2-5-20(28)6-3-16)25(31(21)23)17-9-11-29-12-10-17/h1-6,9-13,21H,7-8,14-15H2/t21-/m0/s1. The zero-order valence-electron chi connectivity index (χ0n) is 17.1. The highest BCUT2D eigenvalue weighted by Crippen LogP contribution is 2.39. The van der Waals surface area contributed by atoms with Gasteiger partial charge in [-0.3, -0.25) is 4.98 Å². The van der Waals surface area contributed by atoms with Crippen molar-refractivity contribution in [1.82, 2.24) is 14.5 Å². The van der Waals surface area contributed by atoms with Crippen molar-refractivity contribution in [1.29, 1.82) is 0 Å². The smallest absolute Gasteiger partial charge is 0.123 e. The maximum absolute atomic E-state index is 13.5. The van der Waals surface area contributed by atoms with Gasteiger partial charge in [0.2, 0.25) is 0 Å². The maximum Gasteiger partial charge on any atom is 0.123 e. The lowest BCUT2D eigenvalue weighted by Crippen LogP contribution is -2.13. The van der Waals surface area contributed by atoms with E-state index in [0.29, 0.717) is 23.3 Å². The highest BCUT2D eigenvalue weighted by atomic mass is 35.5. The zero-order chi connectivity index (χ0) is 22.1. The number of imidazole rings is 1. The molecular weight excluding hydrogens is 448 g/mol. The van der Waals surface area contributed by atoms with Gasteiger partial charge in [0.15, 0.2) is 0 Å². The third-order valence-electron chi connectivity index (χ3n) is 5.70. The van der Waals surface area contributed by atoms with Gasteiger partial charge in [0, 0.05) is 40.0 Å². The van der Waals surface area contributed by atoms with Crippen LogP contribution in [0.5, 0.6) is 0 Å². The largest absolute Gasteiger partial charge is 0.375 e. The topological polar surface area (TPSA) is 39.9 Å². The van der Waals surface area contributed by atoms with Crippen molar-refractivity contribution in [3.05, 3.63) is 94.2 Å². The summed E-state index contributed by atoms with van der Waals surface area (Å²) < 4.78 is 21.8. The lowest BCUT2D eigenvalue weighted by Gasteiger charge is -2.18. The van der Waals surface area contributed by atoms with Gasteiger partial charge in [-0.1, -0.05) is 29.3 Å². The van der Waals surface area contributed by atoms with E-state index in [2.05, 4.69) is 9.55 Å². The van der Waals surface area contributed by atoms with E-state index in [9.17, 15) is 4.39 Å². The summed E-state index contributed by atoms with van der Waals surface area (Å²) in [6, 6.07) is 16.0. The molecule has 5 rings (SSSR count). The van der Waals surface area contributed by atoms with Gasteiger partial charge < -0.3 is 9.30 Å². The zero-order valence-corrected chi connectivity index (χ0v) is 18.7. The lowest BCUT2D eigenvalue weighted by molar-refractivity contribution is 0.0925. The number of ether oxygens (including phenoxy) is 1. The molecule has 7 heteroatoms. The number of nitrogens with zero attached hydrogens (tertiary/aromatic N) is 3. The molecule has 2 aromatic heterocycles. The van der Waals surface area contributed by atoms with Gasteiger partial charge in [-0.25, -0.2) is 9.37 Å². The van der Waals surface area contributed by atoms with Crippen LogP contribution in [0.3, 0.4) is 0 Å². The van der Waals surface area contributed by atoms with Crippen molar-refractivity contribution in [3.8, 4) is 22.5 Å². The monoisotopic (exact) mass is 467 g/mol. The number of pyridine rings is 1. The molecule has 1 aliphatic heterocycles. The van der Waals surface area contributed by atoms with Crippen molar-refractivity contribution in [2.24, 2.45) is 0 Å². The molecule has 0 saturated carbocycles. The summed E-state index contributed by atoms with van der Waals surface area (Å²) >= 11 is 12.3. The molecule has 1 aliphatic rings. The van der Waals surface area contributed by atoms with Gasteiger partial charge in [0.25, 0.3) is 0 Å². The summed E-state index contributed by atoms with van der Waals surface area (Å²) in [4.78, 5) is 9.09. The van der Waals surface area contributed by atoms with Crippen LogP contribution in [0.25, 0.3) is 22.5 Å². The minimum absolute atomic E-state index is 0.140. The van der Waals surface area contributed by atoms with Crippen LogP contribution in [0.15, 0.2) is 67.0 Å². The number of benzene rings is 2. The number of hydrogen-bond acceptors (Lipinski definition) is 3. The quantitative estimate of drug-likeness (QED) is 0.314. The molecule has 0 amide bonds. The minimum atomic E-state index is -0.266. The molecule has 3 heterocycles. The second-order valence-electron chi connectivity index (χ2n) is 7.78. The van der Waals surface area contributed by atoms with Crippen LogP contribution in [-0.4, -0.2) is 21.1 Å². The SMILES string of the molecule is Fc1ccc(-c2nc3n(c2-c2ccncc2)[C@H](COCc2ccc(Cl)cc2Cl)CC3)cc1. The molecule has 0 unspecified atom stereocenters. The number of hydrogen-bond donors (Lipinski definition) is 0. The summed E-state index contributed by atoms with van der Waals surface area (Å²) in [5, 5.41) is 1.20. The second kappa shape index (κ2) is 9.02. The average molecular weight is 468 g/mol. The van der Waals surface area contributed by atoms with E-state index in [4.69, 9.17) is 32.9 Å². The normalized spacial score (nSPS) is 15.2. The van der Waals surface area contributed by atoms with Gasteiger partial charge in [-0.05, 0) is 60.5 Å². The third kappa shape index (κ3) is 4.16. The van der Waals surface area contributed by atoms with Crippen molar-refractivity contribution >= 4 is 23.2 Å². The Morgan fingerprint density at radius 1 is 1.00 bits per heavy atom. The van der Waals surface area contributed by atoms with Gasteiger partial charge in [-0.15, -0.1) is 0 Å². The molecule has 0 saturated heterocycles. The molecule has 162 valence electrons. The number of aryl methyl sites for hydroxylation is 1. The first-order chi connectivity index (χ1) is 15.6. The van der Waals surface area contributed by atoms with Gasteiger partial charge in [-0.2, -0.15) is 0 Å². The van der Waals surface area contributed by atoms with Crippen molar-refractivity contribution < 1.29 is 9.13 Å². The summed E-state index contributed by atoms with van der Waals surface area (Å²) in [7, 11) is 0. The summed E-state index contributed by atoms with van der Waals surface area (Å²) in [6.45, 7) is 0.940. The first-order valence-corrected chi connectivity index (χ1v) is 11.1. The molecule has 4 aromatic rings. The Balaban J connectivity index is 1.45. The predicted octanol–water partition coefficient (Wildman–Crippen LogP) is 6.76. The number of aromatic nitrogens is 3. The maximum atomic E-state index is 13.5. The first-order valence-electron chi connectivity index (χ1n) is 10.4. The van der Waals surface area contributed by atoms with Crippen LogP contribution in [0.2, 0.25) is 10.0 Å². The number of rotatable bonds is 6. The van der Waals surface area contributed by atoms with Gasteiger partial charge >= 0.3 is 0 Å². The van der Waals surface area contributed by atoms with Crippen molar-refractivity contribution in [2.45, 2.75) is 25.5 Å². The molecular formula is C25H20Cl2FN3O. The van der Waals surface area contributed by atoms with Crippen LogP contribution in [0.1, 0.15) is 23.9 Å². The summed E-state index contributed by atoms with van der Waals surface area (Å²) in [6.07, 6.45) is 5.34. The lowest BCUT2D eigenvalue weighted by atomic mass is 10.0. The van der Waals surface area contributed by atoms with E-state index in [1.807, 2.05) is 24.3 Å². The van der Waals surface area contributed by atoms with E-state index in [-0.39, 0.29) is 11.9 Å². The van der Waals surface area contributed by atoms with Crippen molar-refractivity contribution in [2.75, 3.05) is 6.61 Å². The molecule has 0 spiro atoms. The molecule has 0 N–H and O–H groups in total. The molecule has 1 atom stereocenters. The summed E-state index contributed by atoms with van der Waals surface area (Å²) in [5.41, 5.74) is 4.65. The third-order valence-corrected chi connectivity index (χ3v) is 6.29. The van der Waals surface area contributed by atoms with Crippen LogP contribution in [-0.2, 0) is 17.8 Å². The van der Waals surface area contributed by atoms with E-state index < -0.39 is 0 Å². The number of fused-ring (bicyclic) bond motifs is 1. The Morgan fingerprint density at radius 2 is 1.78 bits per heavy atom. The highest BCUT2D eigenvalue weighted by molar-refractivity contribution is 6.35. The van der Waals surface area contributed by atoms with Crippen LogP contribution in [0.4, 0.5) is 4.39 Å². The van der Waals surface area contributed by atoms with Gasteiger partial charge in [0.1, 0.15) is 11.6 Å². The average Bonchev–Trinajstić information content (AvgIpc) is 3.36. The van der Waals surface area contributed by atoms with Crippen LogP contribution >= 0.6 is 23.2 Å². The molecule has 0 aliphatic carbocycles. The number of halogens is 3. The minimum Gasteiger partial charge on any atom is -0.375 e. The Hall–Kier alpha value is -2.73. The Labute approximate surface area is 195 Å². The molecule has 0 fully saturated rings. The Bertz CT molecular complexity index is 1240. The van der Waals surface area contributed by atoms with E-state index in [0.717, 1.165) is 46.7 Å². The molecule has 0 bridgehead atoms. The fourth-order valence-corrected chi connectivity index (χ4v) is 4.63. The van der Waals surface area contributed by atoms with Gasteiger partial charge in [0.05, 0.1) is 30.6 Å². The molecule has 0 radical (unpaired) electrons. The fourth-order valence-electron chi connectivity index (χ4n) is 4.17. The van der Waals surface area contributed by atoms with E-state index >= 15 is 0 Å². The van der Waals surface area contributed by atoms with Crippen LogP contribution < -0.4 is 0 Å². The van der Waals surface area contributed by atoms with Crippen LogP contribution in [0, 0.1) is 5.82 Å². The fraction of sp³-hybridized carbons (Fsp3) is 0.200.